The molecular weight excluding hydrogens is 166 g/mol. The van der Waals surface area contributed by atoms with Crippen LogP contribution in [0.5, 0.6) is 11.5 Å². The predicted molar refractivity (Wildman–Crippen MR) is 49.9 cm³/mol. The Balaban J connectivity index is 3.02. The van der Waals surface area contributed by atoms with Gasteiger partial charge in [-0.1, -0.05) is 0 Å². The van der Waals surface area contributed by atoms with Crippen LogP contribution in [-0.2, 0) is 6.54 Å². The van der Waals surface area contributed by atoms with Gasteiger partial charge in [0.05, 0.1) is 19.8 Å². The molecule has 0 amide bonds. The van der Waals surface area contributed by atoms with Crippen molar-refractivity contribution in [2.45, 2.75) is 6.54 Å². The molecule has 0 radical (unpaired) electrons. The highest BCUT2D eigenvalue weighted by Crippen LogP contribution is 2.24. The van der Waals surface area contributed by atoms with Gasteiger partial charge in [-0.25, -0.2) is 6.57 Å². The summed E-state index contributed by atoms with van der Waals surface area (Å²) in [6.07, 6.45) is 0. The second-order valence-corrected chi connectivity index (χ2v) is 2.49. The summed E-state index contributed by atoms with van der Waals surface area (Å²) in [6, 6.07) is 5.44. The first-order valence-electron chi connectivity index (χ1n) is 3.86. The van der Waals surface area contributed by atoms with Gasteiger partial charge in [-0.2, -0.15) is 0 Å². The third kappa shape index (κ3) is 2.12. The molecule has 0 atom stereocenters. The molecule has 0 aliphatic rings. The van der Waals surface area contributed by atoms with Crippen LogP contribution < -0.4 is 9.47 Å². The van der Waals surface area contributed by atoms with E-state index in [-0.39, 0.29) is 0 Å². The molecule has 1 aromatic rings. The van der Waals surface area contributed by atoms with E-state index in [9.17, 15) is 0 Å². The Hall–Kier alpha value is -1.69. The Labute approximate surface area is 77.7 Å². The van der Waals surface area contributed by atoms with Crippen LogP contribution in [0.1, 0.15) is 5.56 Å². The smallest absolute Gasteiger partial charge is 0.243 e. The summed E-state index contributed by atoms with van der Waals surface area (Å²) in [7, 11) is 3.19. The number of benzene rings is 1. The van der Waals surface area contributed by atoms with Gasteiger partial charge in [0.2, 0.25) is 6.54 Å². The Kier molecular flexibility index (Phi) is 3.15. The molecule has 3 heteroatoms. The Morgan fingerprint density at radius 3 is 2.62 bits per heavy atom. The fourth-order valence-corrected chi connectivity index (χ4v) is 1.07. The van der Waals surface area contributed by atoms with Crippen molar-refractivity contribution in [3.8, 4) is 11.5 Å². The van der Waals surface area contributed by atoms with E-state index in [0.29, 0.717) is 12.3 Å². The number of nitrogens with zero attached hydrogens (tertiary/aromatic N) is 1. The van der Waals surface area contributed by atoms with Gasteiger partial charge in [0.1, 0.15) is 11.5 Å². The summed E-state index contributed by atoms with van der Waals surface area (Å²) in [6.45, 7) is 7.09. The van der Waals surface area contributed by atoms with Crippen molar-refractivity contribution in [1.29, 1.82) is 0 Å². The van der Waals surface area contributed by atoms with Crippen LogP contribution >= 0.6 is 0 Å². The lowest BCUT2D eigenvalue weighted by atomic mass is 10.2. The van der Waals surface area contributed by atoms with Gasteiger partial charge in [-0.05, 0) is 12.1 Å². The third-order valence-corrected chi connectivity index (χ3v) is 1.74. The Morgan fingerprint density at radius 1 is 1.31 bits per heavy atom. The number of ether oxygens (including phenoxy) is 2. The molecule has 0 aliphatic carbocycles. The molecule has 3 nitrogen and oxygen atoms in total. The third-order valence-electron chi connectivity index (χ3n) is 1.74. The summed E-state index contributed by atoms with van der Waals surface area (Å²) < 4.78 is 10.1. The first-order valence-corrected chi connectivity index (χ1v) is 3.86. The van der Waals surface area contributed by atoms with Crippen LogP contribution in [-0.4, -0.2) is 14.2 Å². The number of methoxy groups -OCH3 is 2. The largest absolute Gasteiger partial charge is 0.497 e. The minimum Gasteiger partial charge on any atom is -0.497 e. The summed E-state index contributed by atoms with van der Waals surface area (Å²) in [5.74, 6) is 1.45. The zero-order valence-corrected chi connectivity index (χ0v) is 7.70. The zero-order valence-electron chi connectivity index (χ0n) is 7.70. The topological polar surface area (TPSA) is 22.8 Å². The van der Waals surface area contributed by atoms with Crippen LogP contribution in [0.2, 0.25) is 0 Å². The molecule has 1 aromatic carbocycles. The number of hydrogen-bond donors (Lipinski definition) is 0. The first-order chi connectivity index (χ1) is 6.31. The van der Waals surface area contributed by atoms with Gasteiger partial charge in [-0.15, -0.1) is 0 Å². The average molecular weight is 177 g/mol. The Morgan fingerprint density at radius 2 is 2.08 bits per heavy atom. The van der Waals surface area contributed by atoms with Gasteiger partial charge >= 0.3 is 0 Å². The van der Waals surface area contributed by atoms with Gasteiger partial charge in [0.25, 0.3) is 0 Å². The van der Waals surface area contributed by atoms with Crippen molar-refractivity contribution in [3.05, 3.63) is 35.2 Å². The number of rotatable bonds is 3. The van der Waals surface area contributed by atoms with Crippen molar-refractivity contribution >= 4 is 0 Å². The van der Waals surface area contributed by atoms with Crippen LogP contribution in [0.3, 0.4) is 0 Å². The summed E-state index contributed by atoms with van der Waals surface area (Å²) >= 11 is 0. The highest BCUT2D eigenvalue weighted by Gasteiger charge is 2.05. The van der Waals surface area contributed by atoms with Crippen LogP contribution in [0.15, 0.2) is 18.2 Å². The molecule has 0 saturated carbocycles. The highest BCUT2D eigenvalue weighted by molar-refractivity contribution is 5.41. The maximum absolute atomic E-state index is 6.75. The number of hydrogen-bond acceptors (Lipinski definition) is 2. The lowest BCUT2D eigenvalue weighted by molar-refractivity contribution is 0.391. The maximum Gasteiger partial charge on any atom is 0.243 e. The first kappa shape index (κ1) is 9.40. The van der Waals surface area contributed by atoms with E-state index in [2.05, 4.69) is 4.85 Å². The van der Waals surface area contributed by atoms with E-state index in [4.69, 9.17) is 16.0 Å². The lowest BCUT2D eigenvalue weighted by Gasteiger charge is -2.05. The van der Waals surface area contributed by atoms with Crippen molar-refractivity contribution in [2.24, 2.45) is 0 Å². The van der Waals surface area contributed by atoms with E-state index in [1.807, 2.05) is 12.1 Å². The van der Waals surface area contributed by atoms with Crippen LogP contribution in [0.4, 0.5) is 0 Å². The molecule has 0 saturated heterocycles. The normalized spacial score (nSPS) is 9.00. The quantitative estimate of drug-likeness (QED) is 0.660. The molecule has 0 unspecified atom stereocenters. The fraction of sp³-hybridized carbons (Fsp3) is 0.300. The highest BCUT2D eigenvalue weighted by atomic mass is 16.5. The minimum atomic E-state index is 0.340. The molecule has 0 aromatic heterocycles. The van der Waals surface area contributed by atoms with E-state index in [1.165, 1.54) is 0 Å². The lowest BCUT2D eigenvalue weighted by Crippen LogP contribution is -1.91. The van der Waals surface area contributed by atoms with E-state index >= 15 is 0 Å². The van der Waals surface area contributed by atoms with E-state index in [1.54, 1.807) is 20.3 Å². The van der Waals surface area contributed by atoms with Gasteiger partial charge < -0.3 is 14.3 Å². The standard InChI is InChI=1S/C10H11NO2/c1-11-7-8-4-5-9(12-2)6-10(8)13-3/h4-6H,7H2,2-3H3. The van der Waals surface area contributed by atoms with E-state index < -0.39 is 0 Å². The van der Waals surface area contributed by atoms with Crippen molar-refractivity contribution < 1.29 is 9.47 Å². The van der Waals surface area contributed by atoms with Crippen molar-refractivity contribution in [1.82, 2.24) is 0 Å². The van der Waals surface area contributed by atoms with Crippen LogP contribution in [0, 0.1) is 6.57 Å². The molecule has 0 fully saturated rings. The molecule has 0 N–H and O–H groups in total. The fourth-order valence-electron chi connectivity index (χ4n) is 1.07. The monoisotopic (exact) mass is 177 g/mol. The van der Waals surface area contributed by atoms with Gasteiger partial charge in [-0.3, -0.25) is 0 Å². The van der Waals surface area contributed by atoms with Crippen molar-refractivity contribution in [2.75, 3.05) is 14.2 Å². The summed E-state index contributed by atoms with van der Waals surface area (Å²) in [5.41, 5.74) is 0.887. The second kappa shape index (κ2) is 4.36. The Bertz CT molecular complexity index is 328. The van der Waals surface area contributed by atoms with Gasteiger partial charge in [0.15, 0.2) is 0 Å². The predicted octanol–water partition coefficient (Wildman–Crippen LogP) is 2.12. The SMILES string of the molecule is [C-]#[N+]Cc1ccc(OC)cc1OC. The minimum absolute atomic E-state index is 0.340. The van der Waals surface area contributed by atoms with Gasteiger partial charge in [0, 0.05) is 6.07 Å². The van der Waals surface area contributed by atoms with Crippen molar-refractivity contribution in [3.63, 3.8) is 0 Å². The molecule has 0 aliphatic heterocycles. The maximum atomic E-state index is 6.75. The average Bonchev–Trinajstić information content (AvgIpc) is 2.19. The molecular formula is C10H11NO2. The molecule has 1 rings (SSSR count). The molecule has 68 valence electrons. The van der Waals surface area contributed by atoms with E-state index in [0.717, 1.165) is 11.3 Å². The molecule has 0 spiro atoms. The molecule has 0 heterocycles. The second-order valence-electron chi connectivity index (χ2n) is 2.49. The molecule has 13 heavy (non-hydrogen) atoms. The summed E-state index contributed by atoms with van der Waals surface area (Å²) in [5, 5.41) is 0. The zero-order chi connectivity index (χ0) is 9.68. The summed E-state index contributed by atoms with van der Waals surface area (Å²) in [4.78, 5) is 3.30. The molecule has 0 bridgehead atoms. The van der Waals surface area contributed by atoms with Crippen LogP contribution in [0.25, 0.3) is 4.85 Å².